The molecule has 1 heterocycles. The van der Waals surface area contributed by atoms with Crippen molar-refractivity contribution in [2.45, 2.75) is 26.2 Å². The number of hydrogen-bond donors (Lipinski definition) is 0. The molecular formula is C20H20N2. The van der Waals surface area contributed by atoms with Gasteiger partial charge in [-0.3, -0.25) is 0 Å². The number of rotatable bonds is 4. The number of aromatic nitrogens is 2. The molecule has 0 aliphatic carbocycles. The van der Waals surface area contributed by atoms with Gasteiger partial charge < -0.3 is 0 Å². The molecule has 2 aromatic carbocycles. The van der Waals surface area contributed by atoms with Crippen LogP contribution in [0.15, 0.2) is 66.7 Å². The standard InChI is InChI=1S/C20H20N2/c1-3-15(2)20-21-18(16-10-6-4-7-11-16)14-19(22-20)17-12-8-5-9-13-17/h4-15H,3H2,1-2H3. The molecule has 2 heteroatoms. The molecule has 0 saturated heterocycles. The van der Waals surface area contributed by atoms with Crippen LogP contribution >= 0.6 is 0 Å². The smallest absolute Gasteiger partial charge is 0.132 e. The molecule has 0 fully saturated rings. The lowest BCUT2D eigenvalue weighted by molar-refractivity contribution is 0.680. The van der Waals surface area contributed by atoms with Crippen molar-refractivity contribution in [2.24, 2.45) is 0 Å². The average molecular weight is 288 g/mol. The summed E-state index contributed by atoms with van der Waals surface area (Å²) in [6, 6.07) is 22.7. The van der Waals surface area contributed by atoms with E-state index in [1.807, 2.05) is 36.4 Å². The van der Waals surface area contributed by atoms with Crippen molar-refractivity contribution in [1.82, 2.24) is 9.97 Å². The largest absolute Gasteiger partial charge is 0.233 e. The highest BCUT2D eigenvalue weighted by atomic mass is 14.9. The summed E-state index contributed by atoms with van der Waals surface area (Å²) in [4.78, 5) is 9.58. The van der Waals surface area contributed by atoms with E-state index in [-0.39, 0.29) is 0 Å². The minimum atomic E-state index is 0.353. The van der Waals surface area contributed by atoms with Gasteiger partial charge in [0.15, 0.2) is 0 Å². The molecule has 0 aliphatic rings. The summed E-state index contributed by atoms with van der Waals surface area (Å²) < 4.78 is 0. The molecule has 0 saturated carbocycles. The Labute approximate surface area is 131 Å². The van der Waals surface area contributed by atoms with Gasteiger partial charge in [-0.15, -0.1) is 0 Å². The van der Waals surface area contributed by atoms with Crippen molar-refractivity contribution in [3.05, 3.63) is 72.6 Å². The quantitative estimate of drug-likeness (QED) is 0.649. The Balaban J connectivity index is 2.14. The third-order valence-electron chi connectivity index (χ3n) is 3.94. The van der Waals surface area contributed by atoms with Gasteiger partial charge in [-0.1, -0.05) is 74.5 Å². The lowest BCUT2D eigenvalue weighted by Gasteiger charge is -2.12. The highest BCUT2D eigenvalue weighted by Gasteiger charge is 2.12. The fraction of sp³-hybridized carbons (Fsp3) is 0.200. The first-order valence-corrected chi connectivity index (χ1v) is 7.77. The van der Waals surface area contributed by atoms with Gasteiger partial charge in [-0.2, -0.15) is 0 Å². The fourth-order valence-electron chi connectivity index (χ4n) is 2.38. The third kappa shape index (κ3) is 3.06. The number of benzene rings is 2. The number of hydrogen-bond acceptors (Lipinski definition) is 2. The molecule has 1 atom stereocenters. The Kier molecular flexibility index (Phi) is 4.29. The van der Waals surface area contributed by atoms with Gasteiger partial charge >= 0.3 is 0 Å². The Bertz CT molecular complexity index is 678. The summed E-state index contributed by atoms with van der Waals surface area (Å²) in [6.07, 6.45) is 1.03. The first-order valence-electron chi connectivity index (χ1n) is 7.77. The molecule has 3 rings (SSSR count). The Morgan fingerprint density at radius 3 is 1.64 bits per heavy atom. The van der Waals surface area contributed by atoms with Crippen molar-refractivity contribution in [3.63, 3.8) is 0 Å². The first kappa shape index (κ1) is 14.5. The summed E-state index contributed by atoms with van der Waals surface area (Å²) >= 11 is 0. The van der Waals surface area contributed by atoms with Crippen LogP contribution in [0.1, 0.15) is 32.0 Å². The molecule has 1 aromatic heterocycles. The maximum absolute atomic E-state index is 4.79. The lowest BCUT2D eigenvalue weighted by Crippen LogP contribution is -2.03. The van der Waals surface area contributed by atoms with Gasteiger partial charge in [0, 0.05) is 17.0 Å². The van der Waals surface area contributed by atoms with Crippen molar-refractivity contribution < 1.29 is 0 Å². The normalized spacial score (nSPS) is 12.1. The minimum Gasteiger partial charge on any atom is -0.233 e. The topological polar surface area (TPSA) is 25.8 Å². The van der Waals surface area contributed by atoms with E-state index in [0.29, 0.717) is 5.92 Å². The van der Waals surface area contributed by atoms with E-state index < -0.39 is 0 Å². The average Bonchev–Trinajstić information content (AvgIpc) is 2.62. The zero-order valence-electron chi connectivity index (χ0n) is 13.0. The fourth-order valence-corrected chi connectivity index (χ4v) is 2.38. The molecule has 2 nitrogen and oxygen atoms in total. The van der Waals surface area contributed by atoms with Crippen LogP contribution in [0, 0.1) is 0 Å². The maximum Gasteiger partial charge on any atom is 0.132 e. The van der Waals surface area contributed by atoms with Gasteiger partial charge in [0.25, 0.3) is 0 Å². The third-order valence-corrected chi connectivity index (χ3v) is 3.94. The zero-order valence-corrected chi connectivity index (χ0v) is 13.0. The van der Waals surface area contributed by atoms with Gasteiger partial charge in [0.1, 0.15) is 5.82 Å². The van der Waals surface area contributed by atoms with E-state index in [1.165, 1.54) is 0 Å². The van der Waals surface area contributed by atoms with Crippen molar-refractivity contribution in [1.29, 1.82) is 0 Å². The maximum atomic E-state index is 4.79. The predicted octanol–water partition coefficient (Wildman–Crippen LogP) is 5.32. The van der Waals surface area contributed by atoms with Crippen LogP contribution in [0.25, 0.3) is 22.5 Å². The van der Waals surface area contributed by atoms with Gasteiger partial charge in [0.2, 0.25) is 0 Å². The van der Waals surface area contributed by atoms with Gasteiger partial charge in [-0.25, -0.2) is 9.97 Å². The molecule has 0 radical (unpaired) electrons. The highest BCUT2D eigenvalue weighted by Crippen LogP contribution is 2.26. The van der Waals surface area contributed by atoms with Crippen LogP contribution in [-0.4, -0.2) is 9.97 Å². The molecule has 1 unspecified atom stereocenters. The van der Waals surface area contributed by atoms with E-state index in [0.717, 1.165) is 34.8 Å². The number of nitrogens with zero attached hydrogens (tertiary/aromatic N) is 2. The molecule has 3 aromatic rings. The van der Waals surface area contributed by atoms with Crippen molar-refractivity contribution in [3.8, 4) is 22.5 Å². The van der Waals surface area contributed by atoms with Crippen LogP contribution in [0.2, 0.25) is 0 Å². The monoisotopic (exact) mass is 288 g/mol. The van der Waals surface area contributed by atoms with Gasteiger partial charge in [-0.05, 0) is 12.5 Å². The van der Waals surface area contributed by atoms with E-state index >= 15 is 0 Å². The summed E-state index contributed by atoms with van der Waals surface area (Å²) in [5, 5.41) is 0. The molecule has 0 aliphatic heterocycles. The highest BCUT2D eigenvalue weighted by molar-refractivity contribution is 5.67. The van der Waals surface area contributed by atoms with E-state index in [1.54, 1.807) is 0 Å². The van der Waals surface area contributed by atoms with Crippen molar-refractivity contribution in [2.75, 3.05) is 0 Å². The summed E-state index contributed by atoms with van der Waals surface area (Å²) in [7, 11) is 0. The Morgan fingerprint density at radius 1 is 0.773 bits per heavy atom. The summed E-state index contributed by atoms with van der Waals surface area (Å²) in [6.45, 7) is 4.35. The molecule has 0 bridgehead atoms. The minimum absolute atomic E-state index is 0.353. The van der Waals surface area contributed by atoms with Crippen LogP contribution < -0.4 is 0 Å². The van der Waals surface area contributed by atoms with Crippen LogP contribution in [-0.2, 0) is 0 Å². The summed E-state index contributed by atoms with van der Waals surface area (Å²) in [5.41, 5.74) is 4.24. The first-order chi connectivity index (χ1) is 10.8. The van der Waals surface area contributed by atoms with Gasteiger partial charge in [0.05, 0.1) is 11.4 Å². The van der Waals surface area contributed by atoms with E-state index in [2.05, 4.69) is 44.2 Å². The molecule has 0 amide bonds. The molecule has 22 heavy (non-hydrogen) atoms. The van der Waals surface area contributed by atoms with Crippen molar-refractivity contribution >= 4 is 0 Å². The zero-order chi connectivity index (χ0) is 15.4. The second kappa shape index (κ2) is 6.52. The lowest BCUT2D eigenvalue weighted by atomic mass is 10.0. The molecule has 110 valence electrons. The van der Waals surface area contributed by atoms with Crippen LogP contribution in [0.5, 0.6) is 0 Å². The Morgan fingerprint density at radius 2 is 1.23 bits per heavy atom. The van der Waals surface area contributed by atoms with E-state index in [9.17, 15) is 0 Å². The SMILES string of the molecule is CCC(C)c1nc(-c2ccccc2)cc(-c2ccccc2)n1. The second-order valence-corrected chi connectivity index (χ2v) is 5.54. The Hall–Kier alpha value is -2.48. The van der Waals surface area contributed by atoms with Crippen LogP contribution in [0.4, 0.5) is 0 Å². The summed E-state index contributed by atoms with van der Waals surface area (Å²) in [5.74, 6) is 1.27. The van der Waals surface area contributed by atoms with Crippen LogP contribution in [0.3, 0.4) is 0 Å². The molecule has 0 N–H and O–H groups in total. The molecule has 0 spiro atoms. The van der Waals surface area contributed by atoms with E-state index in [4.69, 9.17) is 9.97 Å². The predicted molar refractivity (Wildman–Crippen MR) is 91.6 cm³/mol. The molecular weight excluding hydrogens is 268 g/mol. The second-order valence-electron chi connectivity index (χ2n) is 5.54.